The summed E-state index contributed by atoms with van der Waals surface area (Å²) in [5.41, 5.74) is 13.2. The molecule has 6 saturated carbocycles. The Hall–Kier alpha value is -1.05. The average Bonchev–Trinajstić information content (AvgIpc) is 3.92. The van der Waals surface area contributed by atoms with Gasteiger partial charge in [0.25, 0.3) is 0 Å². The van der Waals surface area contributed by atoms with Crippen LogP contribution in [0.25, 0.3) is 0 Å². The summed E-state index contributed by atoms with van der Waals surface area (Å²) < 4.78 is 13.6. The molecule has 338 valence electrons. The summed E-state index contributed by atoms with van der Waals surface area (Å²) >= 11 is 0. The molecular weight excluding hydrogens is 741 g/mol. The van der Waals surface area contributed by atoms with E-state index >= 15 is 0 Å². The molecule has 8 aliphatic carbocycles. The molecule has 10 rings (SSSR count). The highest BCUT2D eigenvalue weighted by Gasteiger charge is 2.67. The second-order valence-electron chi connectivity index (χ2n) is 24.8. The van der Waals surface area contributed by atoms with Crippen LogP contribution in [-0.2, 0) is 14.3 Å². The largest absolute Gasteiger partial charge is 0.389 e. The van der Waals surface area contributed by atoms with Crippen molar-refractivity contribution in [2.75, 3.05) is 13.1 Å². The molecule has 5 N–H and O–H groups in total. The highest BCUT2D eigenvalue weighted by atomic mass is 16.5. The van der Waals surface area contributed by atoms with Crippen molar-refractivity contribution in [3.63, 3.8) is 0 Å². The van der Waals surface area contributed by atoms with Gasteiger partial charge in [0.1, 0.15) is 0 Å². The van der Waals surface area contributed by atoms with Crippen LogP contribution in [-0.4, -0.2) is 54.5 Å². The van der Waals surface area contributed by atoms with Crippen molar-refractivity contribution >= 4 is 5.78 Å². The van der Waals surface area contributed by atoms with E-state index in [1.807, 2.05) is 6.08 Å². The Morgan fingerprint density at radius 2 is 1.17 bits per heavy atom. The summed E-state index contributed by atoms with van der Waals surface area (Å²) in [4.78, 5) is 12.1. The Morgan fingerprint density at radius 3 is 1.67 bits per heavy atom. The van der Waals surface area contributed by atoms with Crippen LogP contribution in [0.2, 0.25) is 0 Å². The van der Waals surface area contributed by atoms with Crippen LogP contribution in [0.5, 0.6) is 0 Å². The zero-order valence-electron chi connectivity index (χ0n) is 39.3. The van der Waals surface area contributed by atoms with Crippen molar-refractivity contribution in [3.8, 4) is 0 Å². The van der Waals surface area contributed by atoms with Gasteiger partial charge in [-0.15, -0.1) is 0 Å². The number of allylic oxidation sites excluding steroid dienone is 3. The first-order chi connectivity index (χ1) is 28.5. The molecule has 2 aliphatic heterocycles. The van der Waals surface area contributed by atoms with Gasteiger partial charge in [-0.1, -0.05) is 73.6 Å². The fourth-order valence-corrected chi connectivity index (χ4v) is 18.6. The summed E-state index contributed by atoms with van der Waals surface area (Å²) in [5, 5.41) is 10.2. The number of ketones is 1. The van der Waals surface area contributed by atoms with Gasteiger partial charge >= 0.3 is 0 Å². The third kappa shape index (κ3) is 7.06. The summed E-state index contributed by atoms with van der Waals surface area (Å²) in [6, 6.07) is 0. The monoisotopic (exact) mass is 829 g/mol. The molecule has 2 saturated heterocycles. The fourth-order valence-electron chi connectivity index (χ4n) is 18.6. The minimum atomic E-state index is -0.215. The van der Waals surface area contributed by atoms with Crippen LogP contribution in [0.15, 0.2) is 24.3 Å². The van der Waals surface area contributed by atoms with E-state index in [0.717, 1.165) is 73.3 Å². The lowest BCUT2D eigenvalue weighted by molar-refractivity contribution is -0.123. The molecule has 0 spiro atoms. The lowest BCUT2D eigenvalue weighted by atomic mass is 9.45. The van der Waals surface area contributed by atoms with Crippen molar-refractivity contribution in [1.29, 1.82) is 0 Å². The quantitative estimate of drug-likeness (QED) is 0.210. The molecule has 8 fully saturated rings. The standard InChI is InChI=1S/C27H45NO2.C27H43NO2/c2*1-16(15-28)5-8-23-17(2)25-24(30-23)14-22-20-7-6-18-13-19(29)9-11-26(18,3)21(20)10-12-27(22,25)4/h9,11,16-25,29H,5-8,10,12-15,28H2,1-4H3;9,11,16-18,20-25H,5-8,10,12-15,28H2,1-4H3/t16?,17-,18?,19?,20-,21+,22+,23?,24+,25+,26+,27+;16?,17-,18?,20-,21+,22+,23?,24+,25+,26+,27+/m11/s1. The van der Waals surface area contributed by atoms with Crippen LogP contribution >= 0.6 is 0 Å². The third-order valence-electron chi connectivity index (χ3n) is 22.1. The van der Waals surface area contributed by atoms with Crippen LogP contribution < -0.4 is 11.5 Å². The number of hydrogen-bond donors (Lipinski definition) is 3. The Bertz CT molecular complexity index is 1630. The molecule has 6 heteroatoms. The first-order valence-corrected chi connectivity index (χ1v) is 25.9. The Balaban J connectivity index is 0.000000154. The number of aliphatic hydroxyl groups excluding tert-OH is 1. The highest BCUT2D eigenvalue weighted by molar-refractivity contribution is 5.91. The smallest absolute Gasteiger partial charge is 0.155 e. The van der Waals surface area contributed by atoms with Gasteiger partial charge in [-0.2, -0.15) is 0 Å². The average molecular weight is 829 g/mol. The molecule has 0 amide bonds. The molecule has 60 heavy (non-hydrogen) atoms. The molecule has 2 heterocycles. The Kier molecular flexibility index (Phi) is 12.1. The second kappa shape index (κ2) is 16.4. The van der Waals surface area contributed by atoms with E-state index < -0.39 is 0 Å². The summed E-state index contributed by atoms with van der Waals surface area (Å²) in [5.74, 6) is 10.5. The Morgan fingerprint density at radius 1 is 0.683 bits per heavy atom. The zero-order chi connectivity index (χ0) is 42.5. The number of hydrogen-bond acceptors (Lipinski definition) is 6. The maximum atomic E-state index is 12.1. The predicted octanol–water partition coefficient (Wildman–Crippen LogP) is 10.5. The van der Waals surface area contributed by atoms with Crippen molar-refractivity contribution in [2.24, 2.45) is 116 Å². The molecule has 7 unspecified atom stereocenters. The van der Waals surface area contributed by atoms with Crippen LogP contribution in [0.3, 0.4) is 0 Å². The maximum Gasteiger partial charge on any atom is 0.155 e. The number of rotatable bonds is 8. The number of carbonyl (C=O) groups excluding carboxylic acids is 1. The lowest BCUT2D eigenvalue weighted by Gasteiger charge is -2.59. The van der Waals surface area contributed by atoms with E-state index in [1.165, 1.54) is 89.9 Å². The SMILES string of the molecule is CC(CN)CCC1O[C@H]2C[C@H]3[C@@H]4CCC5CC(=O)C=C[C@]5(C)[C@H]4CC[C@]3(C)[C@H]2[C@@H]1C.CC(CN)CCC1O[C@H]2C[C@H]3[C@@H]4CCC5CC(O)C=C[C@]5(C)[C@H]4CC[C@]3(C)[C@H]2[C@@H]1C. The minimum absolute atomic E-state index is 0.215. The van der Waals surface area contributed by atoms with Gasteiger partial charge in [0.15, 0.2) is 5.78 Å². The molecule has 0 aromatic heterocycles. The van der Waals surface area contributed by atoms with E-state index in [0.29, 0.717) is 82.0 Å². The minimum Gasteiger partial charge on any atom is -0.389 e. The normalized spacial score (nSPS) is 54.2. The molecule has 23 atom stereocenters. The van der Waals surface area contributed by atoms with Gasteiger partial charge < -0.3 is 26.0 Å². The van der Waals surface area contributed by atoms with Gasteiger partial charge in [0.2, 0.25) is 0 Å². The molecule has 0 radical (unpaired) electrons. The van der Waals surface area contributed by atoms with Gasteiger partial charge in [0.05, 0.1) is 30.5 Å². The number of ether oxygens (including phenoxy) is 2. The summed E-state index contributed by atoms with van der Waals surface area (Å²) in [7, 11) is 0. The van der Waals surface area contributed by atoms with Crippen LogP contribution in [0.1, 0.15) is 158 Å². The molecule has 0 bridgehead atoms. The van der Waals surface area contributed by atoms with Crippen molar-refractivity contribution < 1.29 is 19.4 Å². The number of aliphatic hydroxyl groups is 1. The molecule has 10 aliphatic rings. The van der Waals surface area contributed by atoms with E-state index in [2.05, 4.69) is 73.6 Å². The van der Waals surface area contributed by atoms with Gasteiger partial charge in [0, 0.05) is 6.42 Å². The number of fused-ring (bicyclic) bond motifs is 14. The number of nitrogens with two attached hydrogens (primary N) is 2. The first kappa shape index (κ1) is 44.2. The van der Waals surface area contributed by atoms with Crippen molar-refractivity contribution in [1.82, 2.24) is 0 Å². The molecule has 0 aromatic rings. The molecule has 0 aromatic carbocycles. The van der Waals surface area contributed by atoms with E-state index in [4.69, 9.17) is 20.9 Å². The highest BCUT2D eigenvalue weighted by Crippen LogP contribution is 2.71. The summed E-state index contributed by atoms with van der Waals surface area (Å²) in [6.07, 6.45) is 30.2. The first-order valence-electron chi connectivity index (χ1n) is 25.9. The van der Waals surface area contributed by atoms with Crippen LogP contribution in [0, 0.1) is 105 Å². The van der Waals surface area contributed by atoms with Gasteiger partial charge in [-0.3, -0.25) is 4.79 Å². The summed E-state index contributed by atoms with van der Waals surface area (Å²) in [6.45, 7) is 21.3. The van der Waals surface area contributed by atoms with Crippen molar-refractivity contribution in [2.45, 2.75) is 189 Å². The maximum absolute atomic E-state index is 12.1. The molecule has 6 nitrogen and oxygen atoms in total. The number of carbonyl (C=O) groups is 1. The third-order valence-corrected chi connectivity index (χ3v) is 22.1. The Labute approximate surface area is 366 Å². The lowest BCUT2D eigenvalue weighted by Crippen LogP contribution is -2.53. The zero-order valence-corrected chi connectivity index (χ0v) is 39.3. The van der Waals surface area contributed by atoms with E-state index in [-0.39, 0.29) is 11.5 Å². The van der Waals surface area contributed by atoms with Crippen LogP contribution in [0.4, 0.5) is 0 Å². The molecular formula is C54H88N2O4. The van der Waals surface area contributed by atoms with Crippen molar-refractivity contribution in [3.05, 3.63) is 24.3 Å². The van der Waals surface area contributed by atoms with Gasteiger partial charge in [-0.05, 0) is 220 Å². The predicted molar refractivity (Wildman–Crippen MR) is 243 cm³/mol. The van der Waals surface area contributed by atoms with Gasteiger partial charge in [-0.25, -0.2) is 0 Å². The van der Waals surface area contributed by atoms with E-state index in [1.54, 1.807) is 0 Å². The topological polar surface area (TPSA) is 108 Å². The van der Waals surface area contributed by atoms with E-state index in [9.17, 15) is 9.90 Å². The fraction of sp³-hybridized carbons (Fsp3) is 0.907. The second-order valence-corrected chi connectivity index (χ2v) is 24.8.